The molecule has 1 atom stereocenters. The highest BCUT2D eigenvalue weighted by Crippen LogP contribution is 2.22. The zero-order chi connectivity index (χ0) is 10.7. The second-order valence-electron chi connectivity index (χ2n) is 2.78. The second kappa shape index (κ2) is 4.39. The monoisotopic (exact) mass is 260 g/mol. The Kier molecular flexibility index (Phi) is 3.43. The van der Waals surface area contributed by atoms with Gasteiger partial charge in [-0.25, -0.2) is 0 Å². The Morgan fingerprint density at radius 2 is 2.36 bits per heavy atom. The molecule has 0 aromatic carbocycles. The van der Waals surface area contributed by atoms with Crippen molar-refractivity contribution in [2.24, 2.45) is 5.73 Å². The van der Waals surface area contributed by atoms with Crippen molar-refractivity contribution in [1.82, 2.24) is 4.98 Å². The number of rotatable bonds is 3. The average Bonchev–Trinajstić information content (AvgIpc) is 2.11. The van der Waals surface area contributed by atoms with Crippen molar-refractivity contribution in [3.05, 3.63) is 22.4 Å². The average molecular weight is 261 g/mol. The van der Waals surface area contributed by atoms with Crippen LogP contribution >= 0.6 is 15.9 Å². The molecule has 1 unspecified atom stereocenters. The summed E-state index contributed by atoms with van der Waals surface area (Å²) in [7, 11) is 0. The lowest BCUT2D eigenvalue weighted by molar-refractivity contribution is -0.138. The van der Waals surface area contributed by atoms with E-state index in [1.807, 2.05) is 0 Å². The van der Waals surface area contributed by atoms with Gasteiger partial charge in [-0.05, 0) is 22.0 Å². The van der Waals surface area contributed by atoms with Crippen molar-refractivity contribution >= 4 is 21.9 Å². The number of carboxylic acid groups (broad SMARTS) is 1. The van der Waals surface area contributed by atoms with Gasteiger partial charge in [-0.15, -0.1) is 0 Å². The van der Waals surface area contributed by atoms with E-state index in [2.05, 4.69) is 20.9 Å². The van der Waals surface area contributed by atoms with Gasteiger partial charge in [0.05, 0.1) is 10.7 Å². The molecule has 0 fully saturated rings. The van der Waals surface area contributed by atoms with Crippen LogP contribution in [0.15, 0.2) is 16.7 Å². The first-order valence-electron chi connectivity index (χ1n) is 3.82. The first-order valence-corrected chi connectivity index (χ1v) is 4.61. The third-order valence-corrected chi connectivity index (χ3v) is 2.27. The Balaban J connectivity index is 2.78. The van der Waals surface area contributed by atoms with Crippen molar-refractivity contribution in [2.75, 3.05) is 0 Å². The number of aliphatic carboxylic acids is 1. The van der Waals surface area contributed by atoms with Crippen LogP contribution in [0.5, 0.6) is 5.75 Å². The van der Waals surface area contributed by atoms with Crippen molar-refractivity contribution in [2.45, 2.75) is 12.5 Å². The van der Waals surface area contributed by atoms with Gasteiger partial charge >= 0.3 is 5.97 Å². The summed E-state index contributed by atoms with van der Waals surface area (Å²) in [5.41, 5.74) is 5.84. The molecule has 0 aliphatic carbocycles. The summed E-state index contributed by atoms with van der Waals surface area (Å²) in [4.78, 5) is 14.3. The number of nitrogens with zero attached hydrogens (tertiary/aromatic N) is 1. The van der Waals surface area contributed by atoms with Crippen molar-refractivity contribution in [3.8, 4) is 5.75 Å². The van der Waals surface area contributed by atoms with Crippen LogP contribution < -0.4 is 5.73 Å². The first kappa shape index (κ1) is 10.9. The van der Waals surface area contributed by atoms with Gasteiger partial charge in [0.15, 0.2) is 0 Å². The highest BCUT2D eigenvalue weighted by molar-refractivity contribution is 9.10. The maximum absolute atomic E-state index is 10.4. The topological polar surface area (TPSA) is 96.4 Å². The molecule has 0 saturated heterocycles. The molecule has 76 valence electrons. The normalized spacial score (nSPS) is 12.4. The predicted octanol–water partition coefficient (Wildman–Crippen LogP) is 0.504. The molecule has 1 aromatic rings. The number of pyridine rings is 1. The Morgan fingerprint density at radius 1 is 1.71 bits per heavy atom. The van der Waals surface area contributed by atoms with Crippen LogP contribution in [0.25, 0.3) is 0 Å². The van der Waals surface area contributed by atoms with Crippen LogP contribution in [-0.2, 0) is 11.2 Å². The fourth-order valence-electron chi connectivity index (χ4n) is 0.887. The highest BCUT2D eigenvalue weighted by atomic mass is 79.9. The zero-order valence-corrected chi connectivity index (χ0v) is 8.73. The predicted molar refractivity (Wildman–Crippen MR) is 52.9 cm³/mol. The van der Waals surface area contributed by atoms with Crippen LogP contribution in [0.3, 0.4) is 0 Å². The Hall–Kier alpha value is -1.14. The molecular formula is C8H9BrN2O3. The molecule has 6 heteroatoms. The van der Waals surface area contributed by atoms with Crippen LogP contribution in [-0.4, -0.2) is 27.2 Å². The molecule has 5 nitrogen and oxygen atoms in total. The molecule has 1 aromatic heterocycles. The lowest BCUT2D eigenvalue weighted by Crippen LogP contribution is -2.32. The zero-order valence-electron chi connectivity index (χ0n) is 7.14. The fourth-order valence-corrected chi connectivity index (χ4v) is 1.25. The van der Waals surface area contributed by atoms with Crippen LogP contribution in [0, 0.1) is 0 Å². The number of carboxylic acids is 1. The molecule has 0 spiro atoms. The van der Waals surface area contributed by atoms with E-state index in [1.165, 1.54) is 12.3 Å². The van der Waals surface area contributed by atoms with Gasteiger partial charge in [-0.3, -0.25) is 9.78 Å². The summed E-state index contributed by atoms with van der Waals surface area (Å²) < 4.78 is 0.472. The van der Waals surface area contributed by atoms with E-state index >= 15 is 0 Å². The van der Waals surface area contributed by atoms with Crippen molar-refractivity contribution in [1.29, 1.82) is 0 Å². The highest BCUT2D eigenvalue weighted by Gasteiger charge is 2.13. The Bertz CT molecular complexity index is 356. The van der Waals surface area contributed by atoms with Crippen molar-refractivity contribution in [3.63, 3.8) is 0 Å². The fraction of sp³-hybridized carbons (Fsp3) is 0.250. The molecule has 0 amide bonds. The number of halogens is 1. The van der Waals surface area contributed by atoms with E-state index in [0.717, 1.165) is 0 Å². The standard InChI is InChI=1S/C8H9BrN2O3/c9-5-1-4(11-3-7(5)12)2-6(10)8(13)14/h1,3,6,12H,2,10H2,(H,13,14). The maximum Gasteiger partial charge on any atom is 0.320 e. The van der Waals surface area contributed by atoms with Crippen molar-refractivity contribution < 1.29 is 15.0 Å². The molecule has 14 heavy (non-hydrogen) atoms. The van der Waals surface area contributed by atoms with E-state index in [9.17, 15) is 4.79 Å². The summed E-state index contributed by atoms with van der Waals surface area (Å²) in [5.74, 6) is -1.06. The third kappa shape index (κ3) is 2.68. The third-order valence-electron chi connectivity index (χ3n) is 1.64. The van der Waals surface area contributed by atoms with E-state index in [0.29, 0.717) is 10.2 Å². The number of hydrogen-bond donors (Lipinski definition) is 3. The molecule has 0 aliphatic heterocycles. The molecule has 1 rings (SSSR count). The molecule has 1 heterocycles. The minimum absolute atomic E-state index is 0.0117. The molecule has 0 bridgehead atoms. The second-order valence-corrected chi connectivity index (χ2v) is 3.63. The Labute approximate surface area is 88.7 Å². The van der Waals surface area contributed by atoms with Gasteiger partial charge in [0.1, 0.15) is 11.8 Å². The lowest BCUT2D eigenvalue weighted by Gasteiger charge is -2.06. The summed E-state index contributed by atoms with van der Waals surface area (Å²) in [6.45, 7) is 0. The lowest BCUT2D eigenvalue weighted by atomic mass is 10.1. The van der Waals surface area contributed by atoms with Crippen LogP contribution in [0.1, 0.15) is 5.69 Å². The van der Waals surface area contributed by atoms with Gasteiger partial charge < -0.3 is 15.9 Å². The van der Waals surface area contributed by atoms with E-state index in [-0.39, 0.29) is 12.2 Å². The molecule has 0 saturated carbocycles. The molecule has 0 aliphatic rings. The molecule has 0 radical (unpaired) electrons. The minimum Gasteiger partial charge on any atom is -0.505 e. The SMILES string of the molecule is NC(Cc1cc(Br)c(O)cn1)C(=O)O. The van der Waals surface area contributed by atoms with Crippen LogP contribution in [0.2, 0.25) is 0 Å². The minimum atomic E-state index is -1.07. The van der Waals surface area contributed by atoms with E-state index in [4.69, 9.17) is 15.9 Å². The smallest absolute Gasteiger partial charge is 0.320 e. The van der Waals surface area contributed by atoms with Gasteiger partial charge in [-0.1, -0.05) is 0 Å². The number of aromatic hydroxyl groups is 1. The summed E-state index contributed by atoms with van der Waals surface area (Å²) in [6, 6.07) is 0.567. The number of carbonyl (C=O) groups is 1. The summed E-state index contributed by atoms with van der Waals surface area (Å²) in [6.07, 6.45) is 1.38. The van der Waals surface area contributed by atoms with Crippen LogP contribution in [0.4, 0.5) is 0 Å². The van der Waals surface area contributed by atoms with E-state index in [1.54, 1.807) is 0 Å². The van der Waals surface area contributed by atoms with Gasteiger partial charge in [0, 0.05) is 12.1 Å². The van der Waals surface area contributed by atoms with E-state index < -0.39 is 12.0 Å². The van der Waals surface area contributed by atoms with Gasteiger partial charge in [0.2, 0.25) is 0 Å². The number of aromatic nitrogens is 1. The number of nitrogens with two attached hydrogens (primary N) is 1. The van der Waals surface area contributed by atoms with Gasteiger partial charge in [-0.2, -0.15) is 0 Å². The number of hydrogen-bond acceptors (Lipinski definition) is 4. The Morgan fingerprint density at radius 3 is 2.86 bits per heavy atom. The largest absolute Gasteiger partial charge is 0.505 e. The first-order chi connectivity index (χ1) is 6.50. The summed E-state index contributed by atoms with van der Waals surface area (Å²) >= 11 is 3.09. The summed E-state index contributed by atoms with van der Waals surface area (Å²) in [5, 5.41) is 17.7. The molecular weight excluding hydrogens is 252 g/mol. The van der Waals surface area contributed by atoms with Gasteiger partial charge in [0.25, 0.3) is 0 Å². The maximum atomic E-state index is 10.4. The quantitative estimate of drug-likeness (QED) is 0.736. The molecule has 4 N–H and O–H groups in total.